The Labute approximate surface area is 75.0 Å². The van der Waals surface area contributed by atoms with Crippen molar-refractivity contribution in [3.05, 3.63) is 11.6 Å². The van der Waals surface area contributed by atoms with E-state index in [1.807, 2.05) is 0 Å². The van der Waals surface area contributed by atoms with Gasteiger partial charge in [-0.2, -0.15) is 0 Å². The Morgan fingerprint density at radius 3 is 2.92 bits per heavy atom. The number of allylic oxidation sites excluding steroid dienone is 1. The number of hydrogen-bond donors (Lipinski definition) is 1. The Hall–Kier alpha value is -0.340. The van der Waals surface area contributed by atoms with Gasteiger partial charge in [0, 0.05) is 20.2 Å². The molecule has 0 saturated heterocycles. The maximum atomic E-state index is 4.94. The maximum Gasteiger partial charge on any atom is 0.0587 e. The average molecular weight is 169 g/mol. The maximum absolute atomic E-state index is 4.94. The van der Waals surface area contributed by atoms with Crippen molar-refractivity contribution in [1.82, 2.24) is 5.32 Å². The molecule has 2 heteroatoms. The van der Waals surface area contributed by atoms with Crippen LogP contribution in [-0.4, -0.2) is 26.8 Å². The van der Waals surface area contributed by atoms with Gasteiger partial charge in [0.1, 0.15) is 0 Å². The van der Waals surface area contributed by atoms with E-state index in [9.17, 15) is 0 Å². The third-order valence-corrected chi connectivity index (χ3v) is 2.03. The number of ether oxygens (including phenoxy) is 1. The molecule has 0 unspecified atom stereocenters. The van der Waals surface area contributed by atoms with Crippen LogP contribution in [0.1, 0.15) is 19.8 Å². The molecule has 0 atom stereocenters. The topological polar surface area (TPSA) is 21.3 Å². The van der Waals surface area contributed by atoms with Crippen LogP contribution in [0, 0.1) is 5.92 Å². The largest absolute Gasteiger partial charge is 0.383 e. The minimum absolute atomic E-state index is 0.802. The van der Waals surface area contributed by atoms with Crippen molar-refractivity contribution < 1.29 is 4.74 Å². The molecule has 0 aliphatic heterocycles. The molecule has 0 aromatic carbocycles. The van der Waals surface area contributed by atoms with Crippen LogP contribution in [0.15, 0.2) is 11.6 Å². The standard InChI is InChI=1S/C10H19NO/c1-9(7-10-3-4-10)8-11-5-6-12-2/h7,10-11H,3-6,8H2,1-2H3. The van der Waals surface area contributed by atoms with Gasteiger partial charge in [0.25, 0.3) is 0 Å². The second-order valence-electron chi connectivity index (χ2n) is 3.52. The van der Waals surface area contributed by atoms with E-state index in [1.165, 1.54) is 18.4 Å². The summed E-state index contributed by atoms with van der Waals surface area (Å²) in [5, 5.41) is 3.33. The molecular formula is C10H19NO. The molecule has 12 heavy (non-hydrogen) atoms. The van der Waals surface area contributed by atoms with Gasteiger partial charge < -0.3 is 10.1 Å². The first kappa shape index (κ1) is 9.75. The van der Waals surface area contributed by atoms with Crippen LogP contribution in [0.25, 0.3) is 0 Å². The molecule has 1 rings (SSSR count). The van der Waals surface area contributed by atoms with E-state index < -0.39 is 0 Å². The van der Waals surface area contributed by atoms with Gasteiger partial charge >= 0.3 is 0 Å². The van der Waals surface area contributed by atoms with Gasteiger partial charge in [0.15, 0.2) is 0 Å². The minimum atomic E-state index is 0.802. The van der Waals surface area contributed by atoms with E-state index >= 15 is 0 Å². The van der Waals surface area contributed by atoms with Crippen LogP contribution in [-0.2, 0) is 4.74 Å². The Bertz CT molecular complexity index is 150. The smallest absolute Gasteiger partial charge is 0.0587 e. The average Bonchev–Trinajstić information content (AvgIpc) is 2.82. The summed E-state index contributed by atoms with van der Waals surface area (Å²) < 4.78 is 4.94. The Morgan fingerprint density at radius 2 is 2.33 bits per heavy atom. The molecule has 1 aliphatic carbocycles. The fourth-order valence-electron chi connectivity index (χ4n) is 1.18. The fraction of sp³-hybridized carbons (Fsp3) is 0.800. The molecule has 1 saturated carbocycles. The number of hydrogen-bond acceptors (Lipinski definition) is 2. The summed E-state index contributed by atoms with van der Waals surface area (Å²) in [6.07, 6.45) is 5.19. The number of methoxy groups -OCH3 is 1. The minimum Gasteiger partial charge on any atom is -0.383 e. The lowest BCUT2D eigenvalue weighted by Crippen LogP contribution is -2.20. The Morgan fingerprint density at radius 1 is 1.58 bits per heavy atom. The summed E-state index contributed by atoms with van der Waals surface area (Å²) in [6, 6.07) is 0. The Balaban J connectivity index is 1.97. The highest BCUT2D eigenvalue weighted by Crippen LogP contribution is 2.31. The monoisotopic (exact) mass is 169 g/mol. The summed E-state index contributed by atoms with van der Waals surface area (Å²) in [7, 11) is 1.73. The number of rotatable bonds is 6. The highest BCUT2D eigenvalue weighted by Gasteiger charge is 2.17. The highest BCUT2D eigenvalue weighted by atomic mass is 16.5. The molecule has 0 bridgehead atoms. The Kier molecular flexibility index (Phi) is 4.33. The van der Waals surface area contributed by atoms with E-state index in [2.05, 4.69) is 18.3 Å². The van der Waals surface area contributed by atoms with Gasteiger partial charge in [0.05, 0.1) is 6.61 Å². The van der Waals surface area contributed by atoms with Gasteiger partial charge in [-0.15, -0.1) is 0 Å². The SMILES string of the molecule is COCCNCC(C)=CC1CC1. The van der Waals surface area contributed by atoms with E-state index in [4.69, 9.17) is 4.74 Å². The van der Waals surface area contributed by atoms with Crippen LogP contribution >= 0.6 is 0 Å². The van der Waals surface area contributed by atoms with Crippen LogP contribution in [0.4, 0.5) is 0 Å². The van der Waals surface area contributed by atoms with Crippen LogP contribution in [0.3, 0.4) is 0 Å². The third kappa shape index (κ3) is 4.52. The molecule has 0 radical (unpaired) electrons. The molecular weight excluding hydrogens is 150 g/mol. The van der Waals surface area contributed by atoms with Gasteiger partial charge in [0.2, 0.25) is 0 Å². The summed E-state index contributed by atoms with van der Waals surface area (Å²) in [5.74, 6) is 0.897. The molecule has 0 aromatic rings. The first-order valence-electron chi connectivity index (χ1n) is 4.70. The van der Waals surface area contributed by atoms with Gasteiger partial charge in [-0.05, 0) is 25.7 Å². The van der Waals surface area contributed by atoms with Crippen molar-refractivity contribution in [2.24, 2.45) is 5.92 Å². The van der Waals surface area contributed by atoms with E-state index in [1.54, 1.807) is 7.11 Å². The predicted octanol–water partition coefficient (Wildman–Crippen LogP) is 1.58. The molecule has 70 valence electrons. The molecule has 1 fully saturated rings. The highest BCUT2D eigenvalue weighted by molar-refractivity contribution is 5.06. The molecule has 0 amide bonds. The van der Waals surface area contributed by atoms with Crippen molar-refractivity contribution >= 4 is 0 Å². The fourth-order valence-corrected chi connectivity index (χ4v) is 1.18. The zero-order valence-electron chi connectivity index (χ0n) is 8.10. The lowest BCUT2D eigenvalue weighted by atomic mass is 10.2. The third-order valence-electron chi connectivity index (χ3n) is 2.03. The van der Waals surface area contributed by atoms with E-state index in [0.29, 0.717) is 0 Å². The molecule has 0 spiro atoms. The van der Waals surface area contributed by atoms with E-state index in [-0.39, 0.29) is 0 Å². The first-order valence-corrected chi connectivity index (χ1v) is 4.70. The summed E-state index contributed by atoms with van der Waals surface area (Å²) in [4.78, 5) is 0. The van der Waals surface area contributed by atoms with Gasteiger partial charge in [-0.1, -0.05) is 11.6 Å². The second kappa shape index (κ2) is 5.33. The normalized spacial score (nSPS) is 18.3. The summed E-state index contributed by atoms with van der Waals surface area (Å²) >= 11 is 0. The van der Waals surface area contributed by atoms with Gasteiger partial charge in [-0.3, -0.25) is 0 Å². The lowest BCUT2D eigenvalue weighted by Gasteiger charge is -2.03. The zero-order valence-corrected chi connectivity index (χ0v) is 8.10. The molecule has 0 aromatic heterocycles. The molecule has 2 nitrogen and oxygen atoms in total. The summed E-state index contributed by atoms with van der Waals surface area (Å²) in [6.45, 7) is 4.96. The van der Waals surface area contributed by atoms with Gasteiger partial charge in [-0.25, -0.2) is 0 Å². The first-order chi connectivity index (χ1) is 5.83. The molecule has 0 heterocycles. The zero-order chi connectivity index (χ0) is 8.81. The lowest BCUT2D eigenvalue weighted by molar-refractivity contribution is 0.200. The van der Waals surface area contributed by atoms with Crippen molar-refractivity contribution in [3.63, 3.8) is 0 Å². The van der Waals surface area contributed by atoms with Crippen molar-refractivity contribution in [3.8, 4) is 0 Å². The van der Waals surface area contributed by atoms with Crippen molar-refractivity contribution in [1.29, 1.82) is 0 Å². The van der Waals surface area contributed by atoms with Crippen molar-refractivity contribution in [2.75, 3.05) is 26.8 Å². The molecule has 1 N–H and O–H groups in total. The quantitative estimate of drug-likeness (QED) is 0.481. The van der Waals surface area contributed by atoms with Crippen LogP contribution in [0.5, 0.6) is 0 Å². The van der Waals surface area contributed by atoms with E-state index in [0.717, 1.165) is 25.6 Å². The van der Waals surface area contributed by atoms with Crippen LogP contribution < -0.4 is 5.32 Å². The predicted molar refractivity (Wildman–Crippen MR) is 51.2 cm³/mol. The van der Waals surface area contributed by atoms with Crippen LogP contribution in [0.2, 0.25) is 0 Å². The molecule has 1 aliphatic rings. The second-order valence-corrected chi connectivity index (χ2v) is 3.52. The summed E-state index contributed by atoms with van der Waals surface area (Å²) in [5.41, 5.74) is 1.47. The number of nitrogens with one attached hydrogen (secondary N) is 1. The van der Waals surface area contributed by atoms with Crippen molar-refractivity contribution in [2.45, 2.75) is 19.8 Å².